The molecule has 104 valence electrons. The molecule has 0 spiro atoms. The average Bonchev–Trinajstić information content (AvgIpc) is 2.53. The Morgan fingerprint density at radius 1 is 1.15 bits per heavy atom. The number of amides is 1. The third kappa shape index (κ3) is 3.54. The monoisotopic (exact) mass is 286 g/mol. The Hall–Kier alpha value is -1.94. The molecule has 2 aromatic carbocycles. The summed E-state index contributed by atoms with van der Waals surface area (Å²) in [5.74, 6) is -0.141. The van der Waals surface area contributed by atoms with Crippen LogP contribution in [0.15, 0.2) is 53.4 Å². The number of carbonyl (C=O) groups is 1. The lowest BCUT2D eigenvalue weighted by Crippen LogP contribution is -2.29. The van der Waals surface area contributed by atoms with E-state index >= 15 is 0 Å². The molecule has 0 aromatic heterocycles. The predicted octanol–water partition coefficient (Wildman–Crippen LogP) is 3.73. The molecule has 0 saturated carbocycles. The normalized spacial score (nSPS) is 10.1. The highest BCUT2D eigenvalue weighted by atomic mass is 32.2. The predicted molar refractivity (Wildman–Crippen MR) is 85.1 cm³/mol. The molecule has 0 radical (unpaired) electrons. The molecule has 0 atom stereocenters. The number of rotatable bonds is 5. The Morgan fingerprint density at radius 2 is 1.90 bits per heavy atom. The van der Waals surface area contributed by atoms with E-state index in [1.165, 1.54) is 5.56 Å². The maximum atomic E-state index is 12.0. The molecule has 0 fully saturated rings. The van der Waals surface area contributed by atoms with E-state index in [-0.39, 0.29) is 5.91 Å². The number of aryl methyl sites for hydroxylation is 1. The minimum Gasteiger partial charge on any atom is -0.297 e. The van der Waals surface area contributed by atoms with Crippen LogP contribution in [-0.2, 0) is 6.42 Å². The Morgan fingerprint density at radius 3 is 2.55 bits per heavy atom. The molecular formula is C16H18N2OS. The van der Waals surface area contributed by atoms with Gasteiger partial charge in [0, 0.05) is 10.5 Å². The number of benzene rings is 2. The summed E-state index contributed by atoms with van der Waals surface area (Å²) < 4.78 is 0. The number of thioether (sulfide) groups is 1. The van der Waals surface area contributed by atoms with Gasteiger partial charge in [-0.15, -0.1) is 11.8 Å². The molecule has 20 heavy (non-hydrogen) atoms. The van der Waals surface area contributed by atoms with Crippen molar-refractivity contribution in [3.63, 3.8) is 0 Å². The molecule has 0 aliphatic rings. The lowest BCUT2D eigenvalue weighted by atomic mass is 10.1. The van der Waals surface area contributed by atoms with E-state index in [2.05, 4.69) is 29.9 Å². The van der Waals surface area contributed by atoms with Gasteiger partial charge in [-0.1, -0.05) is 31.2 Å². The lowest BCUT2D eigenvalue weighted by molar-refractivity contribution is 0.0962. The molecule has 1 amide bonds. The molecule has 0 unspecified atom stereocenters. The quantitative estimate of drug-likeness (QED) is 0.650. The molecule has 2 N–H and O–H groups in total. The first-order valence-electron chi connectivity index (χ1n) is 6.53. The van der Waals surface area contributed by atoms with Crippen LogP contribution in [0.3, 0.4) is 0 Å². The van der Waals surface area contributed by atoms with Crippen molar-refractivity contribution in [2.24, 2.45) is 0 Å². The van der Waals surface area contributed by atoms with Gasteiger partial charge in [0.15, 0.2) is 0 Å². The Labute approximate surface area is 123 Å². The molecule has 0 bridgehead atoms. The van der Waals surface area contributed by atoms with Crippen LogP contribution in [0.2, 0.25) is 0 Å². The van der Waals surface area contributed by atoms with Crippen LogP contribution in [0, 0.1) is 0 Å². The average molecular weight is 286 g/mol. The zero-order valence-corrected chi connectivity index (χ0v) is 12.5. The Kier molecular flexibility index (Phi) is 5.07. The van der Waals surface area contributed by atoms with Crippen molar-refractivity contribution in [2.75, 3.05) is 11.7 Å². The van der Waals surface area contributed by atoms with Gasteiger partial charge in [0.2, 0.25) is 0 Å². The van der Waals surface area contributed by atoms with E-state index in [0.717, 1.165) is 17.0 Å². The first-order chi connectivity index (χ1) is 9.74. The van der Waals surface area contributed by atoms with Crippen molar-refractivity contribution < 1.29 is 4.79 Å². The first kappa shape index (κ1) is 14.5. The van der Waals surface area contributed by atoms with Gasteiger partial charge in [0.1, 0.15) is 0 Å². The highest BCUT2D eigenvalue weighted by Crippen LogP contribution is 2.26. The lowest BCUT2D eigenvalue weighted by Gasteiger charge is -2.13. The van der Waals surface area contributed by atoms with Gasteiger partial charge in [-0.05, 0) is 42.5 Å². The van der Waals surface area contributed by atoms with E-state index in [1.54, 1.807) is 23.9 Å². The number of hydrogen-bond acceptors (Lipinski definition) is 3. The number of anilines is 1. The zero-order valence-electron chi connectivity index (χ0n) is 11.6. The fourth-order valence-corrected chi connectivity index (χ4v) is 2.45. The van der Waals surface area contributed by atoms with Crippen molar-refractivity contribution in [1.82, 2.24) is 5.43 Å². The van der Waals surface area contributed by atoms with E-state index in [4.69, 9.17) is 0 Å². The van der Waals surface area contributed by atoms with Gasteiger partial charge >= 0.3 is 0 Å². The minimum atomic E-state index is -0.141. The van der Waals surface area contributed by atoms with Gasteiger partial charge < -0.3 is 0 Å². The van der Waals surface area contributed by atoms with Crippen molar-refractivity contribution in [3.8, 4) is 0 Å². The summed E-state index contributed by atoms with van der Waals surface area (Å²) in [6.45, 7) is 2.13. The van der Waals surface area contributed by atoms with Crippen LogP contribution in [0.5, 0.6) is 0 Å². The third-order valence-corrected chi connectivity index (χ3v) is 3.80. The van der Waals surface area contributed by atoms with Gasteiger partial charge in [-0.25, -0.2) is 0 Å². The highest BCUT2D eigenvalue weighted by Gasteiger charge is 2.06. The van der Waals surface area contributed by atoms with Gasteiger partial charge in [-0.2, -0.15) is 0 Å². The molecule has 0 aliphatic carbocycles. The van der Waals surface area contributed by atoms with Gasteiger partial charge in [0.05, 0.1) is 5.69 Å². The fourth-order valence-electron chi connectivity index (χ4n) is 1.84. The van der Waals surface area contributed by atoms with Crippen molar-refractivity contribution in [1.29, 1.82) is 0 Å². The second-order valence-electron chi connectivity index (χ2n) is 4.33. The molecule has 4 heteroatoms. The summed E-state index contributed by atoms with van der Waals surface area (Å²) in [6, 6.07) is 15.4. The fraction of sp³-hybridized carbons (Fsp3) is 0.188. The third-order valence-electron chi connectivity index (χ3n) is 3.02. The standard InChI is InChI=1S/C16H18N2OS/c1-3-12-9-10-14(15(11-12)20-2)17-18-16(19)13-7-5-4-6-8-13/h4-11,17H,3H2,1-2H3,(H,18,19). The summed E-state index contributed by atoms with van der Waals surface area (Å²) in [4.78, 5) is 13.1. The van der Waals surface area contributed by atoms with Crippen LogP contribution >= 0.6 is 11.8 Å². The maximum Gasteiger partial charge on any atom is 0.269 e. The van der Waals surface area contributed by atoms with E-state index in [9.17, 15) is 4.79 Å². The van der Waals surface area contributed by atoms with Crippen LogP contribution in [0.4, 0.5) is 5.69 Å². The largest absolute Gasteiger partial charge is 0.297 e. The summed E-state index contributed by atoms with van der Waals surface area (Å²) >= 11 is 1.66. The Bertz CT molecular complexity index is 584. The van der Waals surface area contributed by atoms with Crippen molar-refractivity contribution >= 4 is 23.4 Å². The summed E-state index contributed by atoms with van der Waals surface area (Å²) in [7, 11) is 0. The molecule has 0 saturated heterocycles. The van der Waals surface area contributed by atoms with Crippen LogP contribution in [0.1, 0.15) is 22.8 Å². The van der Waals surface area contributed by atoms with Crippen molar-refractivity contribution in [2.45, 2.75) is 18.2 Å². The van der Waals surface area contributed by atoms with Crippen LogP contribution in [-0.4, -0.2) is 12.2 Å². The van der Waals surface area contributed by atoms with Crippen LogP contribution in [0.25, 0.3) is 0 Å². The SMILES string of the molecule is CCc1ccc(NNC(=O)c2ccccc2)c(SC)c1. The number of nitrogens with one attached hydrogen (secondary N) is 2. The second kappa shape index (κ2) is 7.01. The Balaban J connectivity index is 2.05. The highest BCUT2D eigenvalue weighted by molar-refractivity contribution is 7.98. The minimum absolute atomic E-state index is 0.141. The molecule has 0 aliphatic heterocycles. The van der Waals surface area contributed by atoms with Gasteiger partial charge in [-0.3, -0.25) is 15.6 Å². The smallest absolute Gasteiger partial charge is 0.269 e. The number of hydrogen-bond donors (Lipinski definition) is 2. The maximum absolute atomic E-state index is 12.0. The first-order valence-corrected chi connectivity index (χ1v) is 7.75. The molecule has 3 nitrogen and oxygen atoms in total. The van der Waals surface area contributed by atoms with E-state index in [0.29, 0.717) is 5.56 Å². The van der Waals surface area contributed by atoms with Gasteiger partial charge in [0.25, 0.3) is 5.91 Å². The molecule has 2 aromatic rings. The van der Waals surface area contributed by atoms with E-state index in [1.807, 2.05) is 30.5 Å². The summed E-state index contributed by atoms with van der Waals surface area (Å²) in [6.07, 6.45) is 3.03. The molecular weight excluding hydrogens is 268 g/mol. The molecule has 2 rings (SSSR count). The van der Waals surface area contributed by atoms with E-state index < -0.39 is 0 Å². The summed E-state index contributed by atoms with van der Waals surface area (Å²) in [5.41, 5.74) is 8.56. The number of hydrazine groups is 1. The van der Waals surface area contributed by atoms with Crippen molar-refractivity contribution in [3.05, 3.63) is 59.7 Å². The summed E-state index contributed by atoms with van der Waals surface area (Å²) in [5, 5.41) is 0. The second-order valence-corrected chi connectivity index (χ2v) is 5.18. The topological polar surface area (TPSA) is 41.1 Å². The number of carbonyl (C=O) groups excluding carboxylic acids is 1. The molecule has 0 heterocycles. The zero-order chi connectivity index (χ0) is 14.4. The van der Waals surface area contributed by atoms with Crippen LogP contribution < -0.4 is 10.9 Å².